The van der Waals surface area contributed by atoms with E-state index >= 15 is 17.6 Å². The number of ether oxygens (including phenoxy) is 1. The van der Waals surface area contributed by atoms with Gasteiger partial charge in [-0.2, -0.15) is 9.97 Å². The van der Waals surface area contributed by atoms with Gasteiger partial charge in [0.15, 0.2) is 5.82 Å². The van der Waals surface area contributed by atoms with Crippen molar-refractivity contribution in [1.82, 2.24) is 30.1 Å². The zero-order chi connectivity index (χ0) is 49.4. The maximum absolute atomic E-state index is 17.1. The topological polar surface area (TPSA) is 147 Å². The standard InChI is InChI=1S/C54H62F4N8O5/c1-3-36-40(55)7-5-33-21-35(67)24-38(44(33)36)47-46(58)48-39(27-59-47)49(66-14-4-9-52(2,70)29-66)62-51(61-48)71-31-54(10-11-54)30-64-15-12-53(13-16-64)25-32(26-53)28-63-17-19-65(20-18-63)34-22-41(56)45(42(57)23-34)37-6-8-43(68)60-50(37)69/h5,7,21-24,27,32,37,67,70H,3-4,6,8-20,25-26,28-31H2,1-2H3,(H,60,68,69)/t37?,52-/m1/s1. The first kappa shape index (κ1) is 47.7. The number of phenols is 1. The van der Waals surface area contributed by atoms with E-state index in [1.807, 2.05) is 16.7 Å². The second-order valence-corrected chi connectivity index (χ2v) is 22.0. The number of nitrogens with zero attached hydrogens (tertiary/aromatic N) is 7. The molecule has 1 unspecified atom stereocenters. The van der Waals surface area contributed by atoms with Crippen LogP contribution < -0.4 is 19.9 Å². The van der Waals surface area contributed by atoms with Crippen molar-refractivity contribution in [3.8, 4) is 23.0 Å². The van der Waals surface area contributed by atoms with Crippen LogP contribution in [-0.2, 0) is 16.0 Å². The average Bonchev–Trinajstić information content (AvgIpc) is 4.10. The Labute approximate surface area is 410 Å². The van der Waals surface area contributed by atoms with Crippen LogP contribution in [0.5, 0.6) is 11.8 Å². The molecule has 71 heavy (non-hydrogen) atoms. The summed E-state index contributed by atoms with van der Waals surface area (Å²) in [7, 11) is 0. The van der Waals surface area contributed by atoms with Crippen molar-refractivity contribution in [3.63, 3.8) is 0 Å². The van der Waals surface area contributed by atoms with Gasteiger partial charge in [-0.15, -0.1) is 0 Å². The van der Waals surface area contributed by atoms with Crippen LogP contribution in [0.3, 0.4) is 0 Å². The van der Waals surface area contributed by atoms with Gasteiger partial charge < -0.3 is 29.6 Å². The molecule has 4 aliphatic heterocycles. The number of piperazine rings is 1. The lowest BCUT2D eigenvalue weighted by atomic mass is 9.57. The van der Waals surface area contributed by atoms with Crippen molar-refractivity contribution < 1.29 is 42.1 Å². The number of rotatable bonds is 12. The highest BCUT2D eigenvalue weighted by Gasteiger charge is 2.50. The number of imide groups is 1. The largest absolute Gasteiger partial charge is 0.508 e. The molecule has 13 nitrogen and oxygen atoms in total. The highest BCUT2D eigenvalue weighted by Crippen LogP contribution is 2.54. The minimum absolute atomic E-state index is 0.00224. The first-order valence-corrected chi connectivity index (χ1v) is 25.5. The number of aromatic nitrogens is 3. The number of anilines is 2. The fourth-order valence-electron chi connectivity index (χ4n) is 12.7. The van der Waals surface area contributed by atoms with Crippen molar-refractivity contribution in [3.05, 3.63) is 77.0 Å². The molecule has 2 aliphatic carbocycles. The number of hydrogen-bond acceptors (Lipinski definition) is 12. The van der Waals surface area contributed by atoms with E-state index < -0.39 is 46.6 Å². The van der Waals surface area contributed by atoms with Crippen LogP contribution in [0, 0.1) is 40.0 Å². The number of hydrogen-bond donors (Lipinski definition) is 3. The predicted octanol–water partition coefficient (Wildman–Crippen LogP) is 8.01. The number of amides is 2. The molecular weight excluding hydrogens is 917 g/mol. The number of carbonyl (C=O) groups excluding carboxylic acids is 2. The Kier molecular flexibility index (Phi) is 12.4. The van der Waals surface area contributed by atoms with Gasteiger partial charge >= 0.3 is 6.01 Å². The molecule has 0 radical (unpaired) electrons. The van der Waals surface area contributed by atoms with Gasteiger partial charge in [-0.1, -0.05) is 13.0 Å². The fraction of sp³-hybridized carbons (Fsp3) is 0.537. The molecule has 4 saturated heterocycles. The van der Waals surface area contributed by atoms with Crippen LogP contribution in [0.25, 0.3) is 32.9 Å². The quantitative estimate of drug-likeness (QED) is 0.0822. The van der Waals surface area contributed by atoms with E-state index in [-0.39, 0.29) is 58.9 Å². The number of nitrogens with one attached hydrogen (secondary N) is 1. The molecule has 2 saturated carbocycles. The smallest absolute Gasteiger partial charge is 0.319 e. The number of piperidine rings is 3. The lowest BCUT2D eigenvalue weighted by Crippen LogP contribution is -2.53. The third-order valence-electron chi connectivity index (χ3n) is 16.7. The Morgan fingerprint density at radius 1 is 0.859 bits per heavy atom. The Hall–Kier alpha value is -5.65. The number of likely N-dealkylation sites (tertiary alicyclic amines) is 1. The van der Waals surface area contributed by atoms with Crippen LogP contribution in [0.4, 0.5) is 29.1 Å². The van der Waals surface area contributed by atoms with E-state index in [4.69, 9.17) is 9.72 Å². The van der Waals surface area contributed by atoms with Gasteiger partial charge in [0.1, 0.15) is 40.2 Å². The number of aliphatic hydroxyl groups is 1. The lowest BCUT2D eigenvalue weighted by molar-refractivity contribution is -0.134. The number of halogens is 4. The summed E-state index contributed by atoms with van der Waals surface area (Å²) in [6.45, 7) is 11.7. The Bertz CT molecular complexity index is 2890. The summed E-state index contributed by atoms with van der Waals surface area (Å²) >= 11 is 0. The van der Waals surface area contributed by atoms with E-state index in [1.54, 1.807) is 13.0 Å². The van der Waals surface area contributed by atoms with Gasteiger partial charge in [-0.05, 0) is 142 Å². The second-order valence-electron chi connectivity index (χ2n) is 22.0. The number of fused-ring (bicyclic) bond motifs is 2. The SMILES string of the molecule is CCc1c(F)ccc2cc(O)cc(-c3ncc4c(N5CCC[C@@](C)(O)C5)nc(OCC5(CN6CCC7(CC6)CC(CN6CCN(c8cc(F)c(C9CCC(=O)NC9=O)c(F)c8)CC6)C7)CC5)nc4c3F)c12. The van der Waals surface area contributed by atoms with Gasteiger partial charge in [-0.25, -0.2) is 17.6 Å². The summed E-state index contributed by atoms with van der Waals surface area (Å²) in [6.07, 6.45) is 10.1. The maximum atomic E-state index is 17.1. The molecule has 0 bridgehead atoms. The van der Waals surface area contributed by atoms with Gasteiger partial charge in [0.2, 0.25) is 11.8 Å². The van der Waals surface area contributed by atoms with Crippen LogP contribution in [-0.4, -0.2) is 124 Å². The molecule has 1 spiro atoms. The highest BCUT2D eigenvalue weighted by atomic mass is 19.1. The van der Waals surface area contributed by atoms with E-state index in [1.165, 1.54) is 49.4 Å². The molecule has 6 fully saturated rings. The zero-order valence-corrected chi connectivity index (χ0v) is 40.5. The van der Waals surface area contributed by atoms with Crippen LogP contribution >= 0.6 is 0 Å². The molecule has 11 rings (SSSR count). The third kappa shape index (κ3) is 9.38. The van der Waals surface area contributed by atoms with Crippen LogP contribution in [0.1, 0.15) is 95.1 Å². The van der Waals surface area contributed by atoms with Crippen molar-refractivity contribution >= 4 is 45.0 Å². The number of aromatic hydroxyl groups is 1. The molecule has 2 atom stereocenters. The molecule has 6 heterocycles. The zero-order valence-electron chi connectivity index (χ0n) is 40.5. The Balaban J connectivity index is 0.713. The normalized spacial score (nSPS) is 23.9. The average molecular weight is 979 g/mol. The molecule has 2 aromatic heterocycles. The number of β-amino-alcohol motifs (C(OH)–C–C–N with tert-alkyl or cyclic N) is 1. The Morgan fingerprint density at radius 3 is 2.30 bits per heavy atom. The molecule has 17 heteroatoms. The van der Waals surface area contributed by atoms with E-state index in [2.05, 4.69) is 25.1 Å². The Morgan fingerprint density at radius 2 is 1.61 bits per heavy atom. The summed E-state index contributed by atoms with van der Waals surface area (Å²) in [4.78, 5) is 47.0. The molecule has 5 aromatic rings. The first-order valence-electron chi connectivity index (χ1n) is 25.5. The summed E-state index contributed by atoms with van der Waals surface area (Å²) in [6, 6.07) is 8.56. The number of aryl methyl sites for hydroxylation is 1. The lowest BCUT2D eigenvalue weighted by Gasteiger charge is -2.54. The van der Waals surface area contributed by atoms with Crippen molar-refractivity contribution in [2.45, 2.75) is 96.0 Å². The molecule has 6 aliphatic rings. The molecule has 376 valence electrons. The molecule has 2 amide bonds. The molecule has 3 aromatic carbocycles. The first-order chi connectivity index (χ1) is 34.1. The minimum atomic E-state index is -1.01. The van der Waals surface area contributed by atoms with Crippen molar-refractivity contribution in [1.29, 1.82) is 0 Å². The summed E-state index contributed by atoms with van der Waals surface area (Å²) in [5.74, 6) is -3.79. The second kappa shape index (κ2) is 18.4. The highest BCUT2D eigenvalue weighted by molar-refractivity contribution is 6.02. The maximum Gasteiger partial charge on any atom is 0.319 e. The number of phenolic OH excluding ortho intramolecular Hbond substituents is 1. The number of carbonyl (C=O) groups is 2. The fourth-order valence-corrected chi connectivity index (χ4v) is 12.7. The van der Waals surface area contributed by atoms with E-state index in [0.29, 0.717) is 90.1 Å². The van der Waals surface area contributed by atoms with Gasteiger partial charge in [0.25, 0.3) is 0 Å². The predicted molar refractivity (Wildman–Crippen MR) is 261 cm³/mol. The third-order valence-corrected chi connectivity index (χ3v) is 16.7. The molecular formula is C54H62F4N8O5. The summed E-state index contributed by atoms with van der Waals surface area (Å²) in [5.41, 5.74) is 0.119. The number of benzene rings is 3. The van der Waals surface area contributed by atoms with E-state index in [0.717, 1.165) is 65.0 Å². The number of pyridine rings is 1. The summed E-state index contributed by atoms with van der Waals surface area (Å²) in [5, 5.41) is 25.4. The van der Waals surface area contributed by atoms with Gasteiger partial charge in [0.05, 0.1) is 23.5 Å². The van der Waals surface area contributed by atoms with Gasteiger partial charge in [-0.3, -0.25) is 24.8 Å². The monoisotopic (exact) mass is 978 g/mol. The molecule has 3 N–H and O–H groups in total. The van der Waals surface area contributed by atoms with Gasteiger partial charge in [0, 0.05) is 87.2 Å². The summed E-state index contributed by atoms with van der Waals surface area (Å²) < 4.78 is 69.3. The van der Waals surface area contributed by atoms with Crippen LogP contribution in [0.15, 0.2) is 42.6 Å². The van der Waals surface area contributed by atoms with Crippen molar-refractivity contribution in [2.75, 3.05) is 81.9 Å². The van der Waals surface area contributed by atoms with Crippen molar-refractivity contribution in [2.24, 2.45) is 16.7 Å². The minimum Gasteiger partial charge on any atom is -0.508 e. The van der Waals surface area contributed by atoms with E-state index in [9.17, 15) is 19.8 Å². The van der Waals surface area contributed by atoms with Crippen LogP contribution in [0.2, 0.25) is 0 Å².